The minimum absolute atomic E-state index is 0.236. The number of hydrogen-bond acceptors (Lipinski definition) is 2. The average Bonchev–Trinajstić information content (AvgIpc) is 2.32. The molecule has 0 heterocycles. The lowest BCUT2D eigenvalue weighted by Gasteiger charge is -2.17. The molecule has 2 nitrogen and oxygen atoms in total. The number of benzene rings is 1. The van der Waals surface area contributed by atoms with Crippen molar-refractivity contribution in [3.63, 3.8) is 0 Å². The summed E-state index contributed by atoms with van der Waals surface area (Å²) >= 11 is 0. The largest absolute Gasteiger partial charge is 0.377 e. The van der Waals surface area contributed by atoms with Crippen LogP contribution in [0.5, 0.6) is 0 Å². The van der Waals surface area contributed by atoms with Crippen LogP contribution in [0.4, 0.5) is 4.39 Å². The van der Waals surface area contributed by atoms with Crippen molar-refractivity contribution < 1.29 is 9.13 Å². The van der Waals surface area contributed by atoms with Gasteiger partial charge in [0, 0.05) is 17.7 Å². The Kier molecular flexibility index (Phi) is 6.01. The van der Waals surface area contributed by atoms with E-state index in [2.05, 4.69) is 32.6 Å². The van der Waals surface area contributed by atoms with Crippen molar-refractivity contribution >= 4 is 0 Å². The van der Waals surface area contributed by atoms with Crippen molar-refractivity contribution in [3.8, 4) is 11.8 Å². The summed E-state index contributed by atoms with van der Waals surface area (Å²) in [6.45, 7) is 7.68. The van der Waals surface area contributed by atoms with Gasteiger partial charge in [0.15, 0.2) is 0 Å². The fourth-order valence-electron chi connectivity index (χ4n) is 1.46. The van der Waals surface area contributed by atoms with E-state index in [0.717, 1.165) is 6.42 Å². The molecule has 0 radical (unpaired) electrons. The molecule has 0 fully saturated rings. The molecule has 2 N–H and O–H groups in total. The van der Waals surface area contributed by atoms with Gasteiger partial charge in [-0.25, -0.2) is 4.39 Å². The molecule has 104 valence electrons. The first kappa shape index (κ1) is 15.7. The van der Waals surface area contributed by atoms with Crippen LogP contribution in [-0.4, -0.2) is 13.2 Å². The Morgan fingerprint density at radius 1 is 1.32 bits per heavy atom. The normalized spacial score (nSPS) is 11.0. The van der Waals surface area contributed by atoms with E-state index >= 15 is 0 Å². The van der Waals surface area contributed by atoms with Crippen LogP contribution in [0.1, 0.15) is 38.3 Å². The fraction of sp³-hybridized carbons (Fsp3) is 0.500. The first-order chi connectivity index (χ1) is 8.92. The minimum Gasteiger partial charge on any atom is -0.377 e. The molecular weight excluding hydrogens is 241 g/mol. The smallest absolute Gasteiger partial charge is 0.129 e. The van der Waals surface area contributed by atoms with E-state index in [0.29, 0.717) is 24.3 Å². The summed E-state index contributed by atoms with van der Waals surface area (Å²) in [5.41, 5.74) is 6.71. The Morgan fingerprint density at radius 2 is 2.05 bits per heavy atom. The number of rotatable bonds is 4. The molecule has 1 aromatic carbocycles. The quantitative estimate of drug-likeness (QED) is 0.669. The van der Waals surface area contributed by atoms with Crippen LogP contribution in [0.25, 0.3) is 0 Å². The Labute approximate surface area is 115 Å². The summed E-state index contributed by atoms with van der Waals surface area (Å²) < 4.78 is 19.3. The van der Waals surface area contributed by atoms with Crippen LogP contribution in [-0.2, 0) is 11.3 Å². The summed E-state index contributed by atoms with van der Waals surface area (Å²) in [4.78, 5) is 0. The zero-order chi connectivity index (χ0) is 14.3. The van der Waals surface area contributed by atoms with Crippen molar-refractivity contribution in [2.24, 2.45) is 11.1 Å². The lowest BCUT2D eigenvalue weighted by molar-refractivity contribution is 0.0943. The van der Waals surface area contributed by atoms with Crippen LogP contribution < -0.4 is 5.73 Å². The third-order valence-electron chi connectivity index (χ3n) is 2.64. The molecule has 0 aliphatic carbocycles. The Hall–Kier alpha value is -1.37. The zero-order valence-electron chi connectivity index (χ0n) is 11.9. The Balaban J connectivity index is 2.51. The highest BCUT2D eigenvalue weighted by Crippen LogP contribution is 2.18. The van der Waals surface area contributed by atoms with E-state index in [1.807, 2.05) is 0 Å². The minimum atomic E-state index is -0.278. The zero-order valence-corrected chi connectivity index (χ0v) is 11.9. The van der Waals surface area contributed by atoms with E-state index < -0.39 is 0 Å². The molecular formula is C16H22FNO. The standard InChI is InChI=1S/C16H22FNO/c1-16(2,3)8-10-19-12-14-7-6-13(5-4-9-18)11-15(14)17/h6-7,11H,8-10,12,18H2,1-3H3. The predicted molar refractivity (Wildman–Crippen MR) is 76.1 cm³/mol. The first-order valence-corrected chi connectivity index (χ1v) is 6.47. The van der Waals surface area contributed by atoms with Gasteiger partial charge in [-0.3, -0.25) is 0 Å². The Bertz CT molecular complexity index is 466. The van der Waals surface area contributed by atoms with Gasteiger partial charge in [0.1, 0.15) is 5.82 Å². The van der Waals surface area contributed by atoms with Gasteiger partial charge in [-0.15, -0.1) is 0 Å². The van der Waals surface area contributed by atoms with Gasteiger partial charge < -0.3 is 10.5 Å². The molecule has 0 atom stereocenters. The van der Waals surface area contributed by atoms with E-state index in [9.17, 15) is 4.39 Å². The molecule has 19 heavy (non-hydrogen) atoms. The van der Waals surface area contributed by atoms with Crippen molar-refractivity contribution in [2.45, 2.75) is 33.8 Å². The summed E-state index contributed by atoms with van der Waals surface area (Å²) in [5, 5.41) is 0. The highest BCUT2D eigenvalue weighted by molar-refractivity contribution is 5.37. The lowest BCUT2D eigenvalue weighted by Crippen LogP contribution is -2.09. The highest BCUT2D eigenvalue weighted by Gasteiger charge is 2.10. The fourth-order valence-corrected chi connectivity index (χ4v) is 1.46. The predicted octanol–water partition coefficient (Wildman–Crippen LogP) is 3.09. The van der Waals surface area contributed by atoms with E-state index in [4.69, 9.17) is 10.5 Å². The molecule has 0 amide bonds. The maximum Gasteiger partial charge on any atom is 0.129 e. The van der Waals surface area contributed by atoms with Gasteiger partial charge in [-0.2, -0.15) is 0 Å². The number of ether oxygens (including phenoxy) is 1. The topological polar surface area (TPSA) is 35.2 Å². The second-order valence-corrected chi connectivity index (χ2v) is 5.68. The number of halogens is 1. The van der Waals surface area contributed by atoms with Crippen molar-refractivity contribution in [1.82, 2.24) is 0 Å². The number of nitrogens with two attached hydrogens (primary N) is 1. The molecule has 0 saturated heterocycles. The molecule has 0 unspecified atom stereocenters. The SMILES string of the molecule is CC(C)(C)CCOCc1ccc(C#CCN)cc1F. The van der Waals surface area contributed by atoms with Gasteiger partial charge >= 0.3 is 0 Å². The molecule has 1 rings (SSSR count). The number of hydrogen-bond donors (Lipinski definition) is 1. The molecule has 0 saturated carbocycles. The van der Waals surface area contributed by atoms with Gasteiger partial charge in [0.2, 0.25) is 0 Å². The van der Waals surface area contributed by atoms with Crippen molar-refractivity contribution in [1.29, 1.82) is 0 Å². The maximum absolute atomic E-state index is 13.8. The van der Waals surface area contributed by atoms with Gasteiger partial charge in [-0.1, -0.05) is 38.7 Å². The van der Waals surface area contributed by atoms with Crippen LogP contribution in [0.15, 0.2) is 18.2 Å². The molecule has 1 aromatic rings. The van der Waals surface area contributed by atoms with Gasteiger partial charge in [0.25, 0.3) is 0 Å². The second kappa shape index (κ2) is 7.28. The van der Waals surface area contributed by atoms with E-state index in [1.54, 1.807) is 12.1 Å². The molecule has 3 heteroatoms. The summed E-state index contributed by atoms with van der Waals surface area (Å²) in [7, 11) is 0. The molecule has 0 bridgehead atoms. The second-order valence-electron chi connectivity index (χ2n) is 5.68. The summed E-state index contributed by atoms with van der Waals surface area (Å²) in [5.74, 6) is 5.23. The van der Waals surface area contributed by atoms with Crippen LogP contribution in [0.2, 0.25) is 0 Å². The first-order valence-electron chi connectivity index (χ1n) is 6.47. The monoisotopic (exact) mass is 263 g/mol. The van der Waals surface area contributed by atoms with Crippen LogP contribution >= 0.6 is 0 Å². The van der Waals surface area contributed by atoms with Crippen molar-refractivity contribution in [2.75, 3.05) is 13.2 Å². The average molecular weight is 263 g/mol. The molecule has 0 aliphatic rings. The summed E-state index contributed by atoms with van der Waals surface area (Å²) in [6, 6.07) is 4.92. The van der Waals surface area contributed by atoms with E-state index in [1.165, 1.54) is 6.07 Å². The molecule has 0 aliphatic heterocycles. The molecule has 0 aromatic heterocycles. The van der Waals surface area contributed by atoms with Crippen LogP contribution in [0.3, 0.4) is 0 Å². The van der Waals surface area contributed by atoms with Gasteiger partial charge in [0.05, 0.1) is 13.2 Å². The van der Waals surface area contributed by atoms with Crippen LogP contribution in [0, 0.1) is 23.1 Å². The molecule has 0 spiro atoms. The Morgan fingerprint density at radius 3 is 2.63 bits per heavy atom. The lowest BCUT2D eigenvalue weighted by atomic mass is 9.93. The van der Waals surface area contributed by atoms with Gasteiger partial charge in [-0.05, 0) is 24.0 Å². The third-order valence-corrected chi connectivity index (χ3v) is 2.64. The maximum atomic E-state index is 13.8. The van der Waals surface area contributed by atoms with E-state index in [-0.39, 0.29) is 17.8 Å². The van der Waals surface area contributed by atoms with Crippen molar-refractivity contribution in [3.05, 3.63) is 35.1 Å². The third kappa shape index (κ3) is 6.37. The highest BCUT2D eigenvalue weighted by atomic mass is 19.1. The summed E-state index contributed by atoms with van der Waals surface area (Å²) in [6.07, 6.45) is 0.953.